The fraction of sp³-hybridized carbons (Fsp3) is 0.0769. The summed E-state index contributed by atoms with van der Waals surface area (Å²) in [6, 6.07) is 9.47. The second kappa shape index (κ2) is 5.59. The highest BCUT2D eigenvalue weighted by Crippen LogP contribution is 2.28. The van der Waals surface area contributed by atoms with Crippen molar-refractivity contribution in [2.75, 3.05) is 5.73 Å². The van der Waals surface area contributed by atoms with E-state index in [0.29, 0.717) is 26.5 Å². The van der Waals surface area contributed by atoms with E-state index in [-0.39, 0.29) is 12.4 Å². The van der Waals surface area contributed by atoms with Gasteiger partial charge in [0.15, 0.2) is 0 Å². The summed E-state index contributed by atoms with van der Waals surface area (Å²) in [6.07, 6.45) is 0. The molecule has 0 atom stereocenters. The Morgan fingerprint density at radius 1 is 1.28 bits per heavy atom. The SMILES string of the molecule is Nc1cccc(Cl)c1COc1cc(F)ccc1Br. The van der Waals surface area contributed by atoms with Crippen molar-refractivity contribution >= 4 is 33.2 Å². The van der Waals surface area contributed by atoms with Gasteiger partial charge < -0.3 is 10.5 Å². The van der Waals surface area contributed by atoms with Crippen molar-refractivity contribution in [3.8, 4) is 5.75 Å². The summed E-state index contributed by atoms with van der Waals surface area (Å²) in [5.74, 6) is 0.0506. The average molecular weight is 331 g/mol. The number of anilines is 1. The third kappa shape index (κ3) is 2.94. The van der Waals surface area contributed by atoms with Gasteiger partial charge >= 0.3 is 0 Å². The Balaban J connectivity index is 2.19. The summed E-state index contributed by atoms with van der Waals surface area (Å²) in [4.78, 5) is 0. The summed E-state index contributed by atoms with van der Waals surface area (Å²) < 4.78 is 19.3. The quantitative estimate of drug-likeness (QED) is 0.846. The lowest BCUT2D eigenvalue weighted by Gasteiger charge is -2.11. The first kappa shape index (κ1) is 13.2. The molecule has 0 aliphatic carbocycles. The second-order valence-corrected chi connectivity index (χ2v) is 4.93. The molecule has 2 nitrogen and oxygen atoms in total. The van der Waals surface area contributed by atoms with Gasteiger partial charge in [-0.3, -0.25) is 0 Å². The molecule has 0 saturated heterocycles. The lowest BCUT2D eigenvalue weighted by Crippen LogP contribution is -2.01. The van der Waals surface area contributed by atoms with E-state index in [1.165, 1.54) is 12.1 Å². The molecule has 0 amide bonds. The van der Waals surface area contributed by atoms with Crippen LogP contribution >= 0.6 is 27.5 Å². The topological polar surface area (TPSA) is 35.2 Å². The van der Waals surface area contributed by atoms with Crippen LogP contribution in [0.2, 0.25) is 5.02 Å². The van der Waals surface area contributed by atoms with E-state index in [4.69, 9.17) is 22.1 Å². The van der Waals surface area contributed by atoms with Crippen molar-refractivity contribution in [3.63, 3.8) is 0 Å². The number of rotatable bonds is 3. The molecule has 2 aromatic rings. The fourth-order valence-electron chi connectivity index (χ4n) is 1.47. The molecule has 2 rings (SSSR count). The second-order valence-electron chi connectivity index (χ2n) is 3.67. The van der Waals surface area contributed by atoms with Crippen molar-refractivity contribution < 1.29 is 9.13 Å². The molecule has 0 aromatic heterocycles. The highest BCUT2D eigenvalue weighted by atomic mass is 79.9. The third-order valence-electron chi connectivity index (χ3n) is 2.42. The molecule has 5 heteroatoms. The molecule has 0 saturated carbocycles. The predicted octanol–water partition coefficient (Wildman–Crippen LogP) is 4.40. The van der Waals surface area contributed by atoms with Gasteiger partial charge in [-0.05, 0) is 40.2 Å². The summed E-state index contributed by atoms with van der Waals surface area (Å²) in [5.41, 5.74) is 7.04. The molecule has 0 aliphatic rings. The van der Waals surface area contributed by atoms with Crippen LogP contribution < -0.4 is 10.5 Å². The van der Waals surface area contributed by atoms with Gasteiger partial charge in [-0.1, -0.05) is 17.7 Å². The van der Waals surface area contributed by atoms with Gasteiger partial charge in [0.05, 0.1) is 4.47 Å². The van der Waals surface area contributed by atoms with Crippen molar-refractivity contribution in [1.82, 2.24) is 0 Å². The van der Waals surface area contributed by atoms with E-state index in [1.54, 1.807) is 24.3 Å². The normalized spacial score (nSPS) is 10.4. The van der Waals surface area contributed by atoms with Crippen LogP contribution in [0.15, 0.2) is 40.9 Å². The maximum Gasteiger partial charge on any atom is 0.136 e. The summed E-state index contributed by atoms with van der Waals surface area (Å²) in [7, 11) is 0. The van der Waals surface area contributed by atoms with Crippen LogP contribution in [0.25, 0.3) is 0 Å². The molecule has 0 spiro atoms. The summed E-state index contributed by atoms with van der Waals surface area (Å²) in [5, 5.41) is 0.530. The summed E-state index contributed by atoms with van der Waals surface area (Å²) >= 11 is 9.31. The Labute approximate surface area is 118 Å². The minimum atomic E-state index is -0.361. The van der Waals surface area contributed by atoms with Gasteiger partial charge in [0, 0.05) is 22.3 Å². The van der Waals surface area contributed by atoms with E-state index >= 15 is 0 Å². The Bertz CT molecular complexity index is 557. The van der Waals surface area contributed by atoms with E-state index in [1.807, 2.05) is 0 Å². The molecule has 0 radical (unpaired) electrons. The van der Waals surface area contributed by atoms with Gasteiger partial charge in [-0.25, -0.2) is 4.39 Å². The van der Waals surface area contributed by atoms with Gasteiger partial charge in [0.2, 0.25) is 0 Å². The van der Waals surface area contributed by atoms with Crippen LogP contribution in [0.4, 0.5) is 10.1 Å². The smallest absolute Gasteiger partial charge is 0.136 e. The van der Waals surface area contributed by atoms with Gasteiger partial charge in [0.25, 0.3) is 0 Å². The minimum absolute atomic E-state index is 0.188. The zero-order valence-corrected chi connectivity index (χ0v) is 11.6. The molecule has 2 N–H and O–H groups in total. The van der Waals surface area contributed by atoms with Crippen LogP contribution in [0, 0.1) is 5.82 Å². The predicted molar refractivity (Wildman–Crippen MR) is 74.3 cm³/mol. The standard InChI is InChI=1S/C13H10BrClFNO/c14-10-5-4-8(16)6-13(10)18-7-9-11(15)2-1-3-12(9)17/h1-6H,7,17H2. The summed E-state index contributed by atoms with van der Waals surface area (Å²) in [6.45, 7) is 0.188. The Hall–Kier alpha value is -1.26. The lowest BCUT2D eigenvalue weighted by molar-refractivity contribution is 0.303. The molecular formula is C13H10BrClFNO. The molecule has 0 heterocycles. The first-order valence-corrected chi connectivity index (χ1v) is 6.35. The maximum atomic E-state index is 13.1. The highest BCUT2D eigenvalue weighted by molar-refractivity contribution is 9.10. The molecule has 2 aromatic carbocycles. The number of benzene rings is 2. The van der Waals surface area contributed by atoms with Crippen molar-refractivity contribution in [1.29, 1.82) is 0 Å². The maximum absolute atomic E-state index is 13.1. The van der Waals surface area contributed by atoms with Gasteiger partial charge in [0.1, 0.15) is 18.2 Å². The van der Waals surface area contributed by atoms with E-state index < -0.39 is 0 Å². The number of ether oxygens (including phenoxy) is 1. The average Bonchev–Trinajstić information content (AvgIpc) is 2.33. The molecule has 0 aliphatic heterocycles. The van der Waals surface area contributed by atoms with Crippen LogP contribution in [0.3, 0.4) is 0 Å². The molecule has 0 unspecified atom stereocenters. The lowest BCUT2D eigenvalue weighted by atomic mass is 10.2. The largest absolute Gasteiger partial charge is 0.487 e. The highest BCUT2D eigenvalue weighted by Gasteiger charge is 2.08. The Morgan fingerprint density at radius 3 is 2.78 bits per heavy atom. The number of hydrogen-bond donors (Lipinski definition) is 1. The fourth-order valence-corrected chi connectivity index (χ4v) is 2.06. The van der Waals surface area contributed by atoms with Gasteiger partial charge in [-0.15, -0.1) is 0 Å². The Kier molecular flexibility index (Phi) is 4.09. The van der Waals surface area contributed by atoms with Crippen molar-refractivity contribution in [3.05, 3.63) is 57.3 Å². The zero-order valence-electron chi connectivity index (χ0n) is 9.29. The minimum Gasteiger partial charge on any atom is -0.487 e. The number of halogens is 3. The number of hydrogen-bond acceptors (Lipinski definition) is 2. The van der Waals surface area contributed by atoms with E-state index in [2.05, 4.69) is 15.9 Å². The third-order valence-corrected chi connectivity index (χ3v) is 3.43. The monoisotopic (exact) mass is 329 g/mol. The molecule has 0 fully saturated rings. The first-order chi connectivity index (χ1) is 8.58. The van der Waals surface area contributed by atoms with Gasteiger partial charge in [-0.2, -0.15) is 0 Å². The molecule has 94 valence electrons. The molecule has 0 bridgehead atoms. The van der Waals surface area contributed by atoms with Crippen molar-refractivity contribution in [2.45, 2.75) is 6.61 Å². The van der Waals surface area contributed by atoms with Crippen molar-refractivity contribution in [2.24, 2.45) is 0 Å². The van der Waals surface area contributed by atoms with E-state index in [0.717, 1.165) is 0 Å². The molecule has 18 heavy (non-hydrogen) atoms. The number of nitrogen functional groups attached to an aromatic ring is 1. The Morgan fingerprint density at radius 2 is 2.06 bits per heavy atom. The van der Waals surface area contributed by atoms with Crippen LogP contribution in [-0.2, 0) is 6.61 Å². The number of nitrogens with two attached hydrogens (primary N) is 1. The van der Waals surface area contributed by atoms with Crippen LogP contribution in [0.5, 0.6) is 5.75 Å². The molecular weight excluding hydrogens is 321 g/mol. The van der Waals surface area contributed by atoms with Crippen LogP contribution in [0.1, 0.15) is 5.56 Å². The van der Waals surface area contributed by atoms with E-state index in [9.17, 15) is 4.39 Å². The van der Waals surface area contributed by atoms with Crippen LogP contribution in [-0.4, -0.2) is 0 Å². The first-order valence-electron chi connectivity index (χ1n) is 5.18. The zero-order chi connectivity index (χ0) is 13.1.